The molecule has 146 valence electrons. The van der Waals surface area contributed by atoms with Crippen LogP contribution in [0, 0.1) is 0 Å². The molecule has 0 aliphatic heterocycles. The molecule has 0 amide bonds. The van der Waals surface area contributed by atoms with Crippen LogP contribution in [0.3, 0.4) is 0 Å². The lowest BCUT2D eigenvalue weighted by Crippen LogP contribution is -2.04. The summed E-state index contributed by atoms with van der Waals surface area (Å²) in [4.78, 5) is 0. The number of halogens is 1. The van der Waals surface area contributed by atoms with Gasteiger partial charge in [0.1, 0.15) is 11.6 Å². The monoisotopic (exact) mass is 421 g/mol. The van der Waals surface area contributed by atoms with Crippen molar-refractivity contribution in [2.75, 3.05) is 7.11 Å². The molecule has 0 radical (unpaired) electrons. The molecule has 0 atom stereocenters. The summed E-state index contributed by atoms with van der Waals surface area (Å²) >= 11 is 7.65. The zero-order valence-corrected chi connectivity index (χ0v) is 17.5. The Labute approximate surface area is 179 Å². The van der Waals surface area contributed by atoms with Crippen molar-refractivity contribution in [3.63, 3.8) is 0 Å². The molecule has 0 spiro atoms. The zero-order chi connectivity index (χ0) is 20.1. The molecule has 0 aliphatic carbocycles. The Morgan fingerprint density at radius 1 is 0.862 bits per heavy atom. The first-order valence-electron chi connectivity index (χ1n) is 9.23. The van der Waals surface area contributed by atoms with Gasteiger partial charge in [0.05, 0.1) is 7.11 Å². The number of aromatic nitrogens is 3. The molecule has 0 saturated carbocycles. The lowest BCUT2D eigenvalue weighted by Gasteiger charge is -2.11. The summed E-state index contributed by atoms with van der Waals surface area (Å²) in [5.74, 6) is 2.51. The van der Waals surface area contributed by atoms with Crippen LogP contribution < -0.4 is 4.74 Å². The first-order chi connectivity index (χ1) is 14.2. The molecule has 0 fully saturated rings. The minimum absolute atomic E-state index is 0.710. The summed E-state index contributed by atoms with van der Waals surface area (Å²) in [7, 11) is 1.67. The fourth-order valence-corrected chi connectivity index (χ4v) is 4.06. The van der Waals surface area contributed by atoms with E-state index in [2.05, 4.69) is 26.9 Å². The first-order valence-corrected chi connectivity index (χ1v) is 10.6. The van der Waals surface area contributed by atoms with Gasteiger partial charge in [0, 0.05) is 22.9 Å². The zero-order valence-electron chi connectivity index (χ0n) is 16.0. The fraction of sp³-hybridized carbons (Fsp3) is 0.130. The third-order valence-corrected chi connectivity index (χ3v) is 5.77. The van der Waals surface area contributed by atoms with Crippen molar-refractivity contribution < 1.29 is 4.74 Å². The third kappa shape index (κ3) is 4.81. The molecule has 0 saturated heterocycles. The van der Waals surface area contributed by atoms with Gasteiger partial charge in [-0.1, -0.05) is 65.8 Å². The Morgan fingerprint density at radius 2 is 1.59 bits per heavy atom. The van der Waals surface area contributed by atoms with E-state index >= 15 is 0 Å². The van der Waals surface area contributed by atoms with Gasteiger partial charge in [0.2, 0.25) is 0 Å². The predicted octanol–water partition coefficient (Wildman–Crippen LogP) is 5.81. The molecule has 29 heavy (non-hydrogen) atoms. The summed E-state index contributed by atoms with van der Waals surface area (Å²) in [6.07, 6.45) is 0.710. The van der Waals surface area contributed by atoms with E-state index in [1.165, 1.54) is 11.1 Å². The second-order valence-electron chi connectivity index (χ2n) is 6.51. The fourth-order valence-electron chi connectivity index (χ4n) is 3.01. The highest BCUT2D eigenvalue weighted by molar-refractivity contribution is 7.98. The summed E-state index contributed by atoms with van der Waals surface area (Å²) in [6, 6.07) is 26.2. The van der Waals surface area contributed by atoms with Crippen molar-refractivity contribution in [3.8, 4) is 11.4 Å². The Morgan fingerprint density at radius 3 is 2.28 bits per heavy atom. The maximum Gasteiger partial charge on any atom is 0.196 e. The quantitative estimate of drug-likeness (QED) is 0.353. The largest absolute Gasteiger partial charge is 0.497 e. The van der Waals surface area contributed by atoms with E-state index in [0.717, 1.165) is 33.2 Å². The summed E-state index contributed by atoms with van der Waals surface area (Å²) < 4.78 is 7.42. The maximum atomic E-state index is 6.00. The summed E-state index contributed by atoms with van der Waals surface area (Å²) in [5.41, 5.74) is 3.40. The Hall–Kier alpha value is -2.76. The number of thioether (sulfide) groups is 1. The van der Waals surface area contributed by atoms with Gasteiger partial charge in [-0.25, -0.2) is 0 Å². The smallest absolute Gasteiger partial charge is 0.196 e. The highest BCUT2D eigenvalue weighted by Gasteiger charge is 2.15. The van der Waals surface area contributed by atoms with Crippen molar-refractivity contribution in [1.82, 2.24) is 14.8 Å². The lowest BCUT2D eigenvalue weighted by atomic mass is 10.1. The van der Waals surface area contributed by atoms with Gasteiger partial charge >= 0.3 is 0 Å². The van der Waals surface area contributed by atoms with Crippen LogP contribution in [0.15, 0.2) is 84.0 Å². The van der Waals surface area contributed by atoms with Crippen molar-refractivity contribution >= 4 is 23.4 Å². The van der Waals surface area contributed by atoms with E-state index in [4.69, 9.17) is 16.3 Å². The van der Waals surface area contributed by atoms with E-state index in [1.54, 1.807) is 18.9 Å². The molecular weight excluding hydrogens is 402 g/mol. The number of benzene rings is 3. The summed E-state index contributed by atoms with van der Waals surface area (Å²) in [6.45, 7) is 0. The van der Waals surface area contributed by atoms with Gasteiger partial charge in [-0.3, -0.25) is 4.57 Å². The molecule has 0 bridgehead atoms. The molecule has 0 N–H and O–H groups in total. The minimum Gasteiger partial charge on any atom is -0.497 e. The van der Waals surface area contributed by atoms with E-state index in [1.807, 2.05) is 66.7 Å². The number of hydrogen-bond donors (Lipinski definition) is 0. The molecule has 1 aromatic heterocycles. The van der Waals surface area contributed by atoms with E-state index in [-0.39, 0.29) is 0 Å². The average molecular weight is 422 g/mol. The number of hydrogen-bond acceptors (Lipinski definition) is 4. The molecule has 6 heteroatoms. The van der Waals surface area contributed by atoms with Crippen LogP contribution in [-0.2, 0) is 12.2 Å². The van der Waals surface area contributed by atoms with Crippen molar-refractivity contribution in [1.29, 1.82) is 0 Å². The first kappa shape index (κ1) is 19.6. The molecule has 4 aromatic rings. The van der Waals surface area contributed by atoms with Crippen LogP contribution in [0.2, 0.25) is 5.02 Å². The van der Waals surface area contributed by atoms with Gasteiger partial charge in [0.15, 0.2) is 5.16 Å². The van der Waals surface area contributed by atoms with Gasteiger partial charge in [-0.2, -0.15) is 0 Å². The Bertz CT molecular complexity index is 1060. The number of ether oxygens (including phenoxy) is 1. The predicted molar refractivity (Wildman–Crippen MR) is 118 cm³/mol. The van der Waals surface area contributed by atoms with Crippen molar-refractivity contribution in [3.05, 3.63) is 101 Å². The maximum absolute atomic E-state index is 6.00. The van der Waals surface area contributed by atoms with Crippen LogP contribution in [0.25, 0.3) is 5.69 Å². The summed E-state index contributed by atoms with van der Waals surface area (Å²) in [5, 5.41) is 10.6. The molecular formula is C23H20ClN3OS. The Kier molecular flexibility index (Phi) is 6.17. The van der Waals surface area contributed by atoms with Gasteiger partial charge in [-0.05, 0) is 47.5 Å². The normalized spacial score (nSPS) is 10.8. The minimum atomic E-state index is 0.710. The van der Waals surface area contributed by atoms with Gasteiger partial charge in [-0.15, -0.1) is 10.2 Å². The van der Waals surface area contributed by atoms with Crippen molar-refractivity contribution in [2.45, 2.75) is 17.3 Å². The average Bonchev–Trinajstić information content (AvgIpc) is 3.16. The molecule has 1 heterocycles. The SMILES string of the molecule is COc1ccc(-n2c(Cc3ccccc3)nnc2SCc2ccc(Cl)cc2)cc1. The van der Waals surface area contributed by atoms with Crippen LogP contribution in [0.4, 0.5) is 0 Å². The van der Waals surface area contributed by atoms with E-state index < -0.39 is 0 Å². The van der Waals surface area contributed by atoms with Gasteiger partial charge in [0.25, 0.3) is 0 Å². The van der Waals surface area contributed by atoms with Crippen LogP contribution >= 0.6 is 23.4 Å². The number of methoxy groups -OCH3 is 1. The molecule has 0 aliphatic rings. The molecule has 3 aromatic carbocycles. The number of rotatable bonds is 7. The Balaban J connectivity index is 1.65. The van der Waals surface area contributed by atoms with Crippen LogP contribution in [0.5, 0.6) is 5.75 Å². The topological polar surface area (TPSA) is 39.9 Å². The standard InChI is InChI=1S/C23H20ClN3OS/c1-28-21-13-11-20(12-14-21)27-22(15-17-5-3-2-4-6-17)25-26-23(27)29-16-18-7-9-19(24)10-8-18/h2-14H,15-16H2,1H3. The van der Waals surface area contributed by atoms with E-state index in [9.17, 15) is 0 Å². The third-order valence-electron chi connectivity index (χ3n) is 4.52. The van der Waals surface area contributed by atoms with Gasteiger partial charge < -0.3 is 4.74 Å². The lowest BCUT2D eigenvalue weighted by molar-refractivity contribution is 0.414. The second-order valence-corrected chi connectivity index (χ2v) is 7.89. The number of nitrogens with zero attached hydrogens (tertiary/aromatic N) is 3. The highest BCUT2D eigenvalue weighted by Crippen LogP contribution is 2.27. The second kappa shape index (κ2) is 9.16. The van der Waals surface area contributed by atoms with E-state index in [0.29, 0.717) is 6.42 Å². The molecule has 4 rings (SSSR count). The van der Waals surface area contributed by atoms with Crippen LogP contribution in [0.1, 0.15) is 17.0 Å². The van der Waals surface area contributed by atoms with Crippen LogP contribution in [-0.4, -0.2) is 21.9 Å². The molecule has 4 nitrogen and oxygen atoms in total. The van der Waals surface area contributed by atoms with Crippen molar-refractivity contribution in [2.24, 2.45) is 0 Å². The highest BCUT2D eigenvalue weighted by atomic mass is 35.5. The molecule has 0 unspecified atom stereocenters.